The Hall–Kier alpha value is -1.38. The summed E-state index contributed by atoms with van der Waals surface area (Å²) in [6.07, 6.45) is -0.420. The van der Waals surface area contributed by atoms with Crippen LogP contribution in [0.4, 0.5) is 13.2 Å². The van der Waals surface area contributed by atoms with Crippen molar-refractivity contribution in [1.29, 1.82) is 0 Å². The molecule has 8 heteroatoms. The fraction of sp³-hybridized carbons (Fsp3) is 0.444. The molecule has 1 N–H and O–H groups in total. The lowest BCUT2D eigenvalue weighted by Gasteiger charge is -2.28. The van der Waals surface area contributed by atoms with Gasteiger partial charge in [-0.25, -0.2) is 13.1 Å². The highest BCUT2D eigenvalue weighted by atomic mass is 32.2. The van der Waals surface area contributed by atoms with Crippen LogP contribution >= 0.6 is 11.3 Å². The van der Waals surface area contributed by atoms with Crippen molar-refractivity contribution >= 4 is 21.4 Å². The summed E-state index contributed by atoms with van der Waals surface area (Å²) in [5.41, 5.74) is 0.542. The van der Waals surface area contributed by atoms with Crippen molar-refractivity contribution in [2.45, 2.75) is 43.0 Å². The Balaban J connectivity index is 1.67. The molecule has 26 heavy (non-hydrogen) atoms. The van der Waals surface area contributed by atoms with E-state index >= 15 is 0 Å². The minimum Gasteiger partial charge on any atom is -0.214 e. The van der Waals surface area contributed by atoms with Crippen LogP contribution in [0.2, 0.25) is 0 Å². The summed E-state index contributed by atoms with van der Waals surface area (Å²) in [5, 5.41) is 4.06. The zero-order valence-corrected chi connectivity index (χ0v) is 15.7. The van der Waals surface area contributed by atoms with E-state index in [0.717, 1.165) is 43.4 Å². The summed E-state index contributed by atoms with van der Waals surface area (Å²) in [4.78, 5) is 0. The number of hydrogen-bond acceptors (Lipinski definition) is 3. The molecular formula is C18H20F3NO2S2. The molecule has 0 saturated heterocycles. The molecule has 1 fully saturated rings. The molecule has 3 rings (SSSR count). The van der Waals surface area contributed by atoms with Crippen LogP contribution in [0.25, 0.3) is 0 Å². The van der Waals surface area contributed by atoms with Gasteiger partial charge in [0.15, 0.2) is 0 Å². The van der Waals surface area contributed by atoms with Gasteiger partial charge in [-0.3, -0.25) is 0 Å². The first-order valence-corrected chi connectivity index (χ1v) is 11.0. The van der Waals surface area contributed by atoms with E-state index in [1.807, 2.05) is 11.4 Å². The summed E-state index contributed by atoms with van der Waals surface area (Å²) in [5.74, 6) is -0.329. The fourth-order valence-electron chi connectivity index (χ4n) is 3.49. The topological polar surface area (TPSA) is 46.2 Å². The molecule has 1 aromatic carbocycles. The molecule has 0 unspecified atom stereocenters. The van der Waals surface area contributed by atoms with E-state index in [-0.39, 0.29) is 11.2 Å². The summed E-state index contributed by atoms with van der Waals surface area (Å²) in [6.45, 7) is 0.326. The summed E-state index contributed by atoms with van der Waals surface area (Å²) >= 11 is 1.60. The van der Waals surface area contributed by atoms with Gasteiger partial charge in [0.2, 0.25) is 10.0 Å². The maximum Gasteiger partial charge on any atom is 0.416 e. The van der Waals surface area contributed by atoms with Gasteiger partial charge in [0.1, 0.15) is 0 Å². The van der Waals surface area contributed by atoms with E-state index in [9.17, 15) is 21.6 Å². The molecule has 0 spiro atoms. The molecule has 2 aromatic rings. The Labute approximate surface area is 155 Å². The number of thiophene rings is 1. The van der Waals surface area contributed by atoms with E-state index in [1.54, 1.807) is 11.3 Å². The molecule has 3 nitrogen and oxygen atoms in total. The van der Waals surface area contributed by atoms with E-state index in [0.29, 0.717) is 12.1 Å². The van der Waals surface area contributed by atoms with Crippen LogP contribution in [-0.4, -0.2) is 15.0 Å². The molecule has 1 heterocycles. The SMILES string of the molecule is O=S(=O)(Cc1ccc(C(F)(F)F)cc1)NCC1(c2ccsc2)CCCC1. The van der Waals surface area contributed by atoms with Gasteiger partial charge in [-0.1, -0.05) is 25.0 Å². The lowest BCUT2D eigenvalue weighted by atomic mass is 9.81. The first-order chi connectivity index (χ1) is 12.2. The number of hydrogen-bond donors (Lipinski definition) is 1. The third-order valence-corrected chi connectivity index (χ3v) is 6.94. The van der Waals surface area contributed by atoms with Crippen LogP contribution in [0.3, 0.4) is 0 Å². The molecule has 1 aliphatic rings. The monoisotopic (exact) mass is 403 g/mol. The maximum absolute atomic E-state index is 12.6. The molecular weight excluding hydrogens is 383 g/mol. The Morgan fingerprint density at radius 1 is 1.08 bits per heavy atom. The van der Waals surface area contributed by atoms with E-state index in [1.165, 1.54) is 12.1 Å². The van der Waals surface area contributed by atoms with Crippen LogP contribution in [-0.2, 0) is 27.4 Å². The quantitative estimate of drug-likeness (QED) is 0.760. The molecule has 1 saturated carbocycles. The van der Waals surface area contributed by atoms with Crippen molar-refractivity contribution in [2.24, 2.45) is 0 Å². The summed E-state index contributed by atoms with van der Waals surface area (Å²) in [7, 11) is -3.63. The highest BCUT2D eigenvalue weighted by Gasteiger charge is 2.37. The van der Waals surface area contributed by atoms with Crippen molar-refractivity contribution in [2.75, 3.05) is 6.54 Å². The number of sulfonamides is 1. The zero-order valence-electron chi connectivity index (χ0n) is 14.1. The Morgan fingerprint density at radius 3 is 2.27 bits per heavy atom. The minimum absolute atomic E-state index is 0.173. The average molecular weight is 403 g/mol. The molecule has 0 amide bonds. The third-order valence-electron chi connectivity index (χ3n) is 4.96. The number of nitrogens with one attached hydrogen (secondary N) is 1. The van der Waals surface area contributed by atoms with Crippen molar-refractivity contribution in [3.63, 3.8) is 0 Å². The first kappa shape index (κ1) is 19.4. The highest BCUT2D eigenvalue weighted by molar-refractivity contribution is 7.88. The summed E-state index contributed by atoms with van der Waals surface area (Å²) < 4.78 is 65.3. The second kappa shape index (κ2) is 7.32. The van der Waals surface area contributed by atoms with Crippen LogP contribution in [0, 0.1) is 0 Å². The van der Waals surface area contributed by atoms with Gasteiger partial charge in [0.05, 0.1) is 11.3 Å². The number of alkyl halides is 3. The number of benzene rings is 1. The van der Waals surface area contributed by atoms with Crippen molar-refractivity contribution in [3.05, 3.63) is 57.8 Å². The van der Waals surface area contributed by atoms with Crippen LogP contribution in [0.15, 0.2) is 41.1 Å². The molecule has 0 bridgehead atoms. The van der Waals surface area contributed by atoms with Gasteiger partial charge in [-0.2, -0.15) is 24.5 Å². The van der Waals surface area contributed by atoms with Crippen LogP contribution in [0.1, 0.15) is 42.4 Å². The standard InChI is InChI=1S/C18H20F3NO2S2/c19-18(20,21)15-5-3-14(4-6-15)12-26(23,24)22-13-17(8-1-2-9-17)16-7-10-25-11-16/h3-7,10-11,22H,1-2,8-9,12-13H2. The Bertz CT molecular complexity index is 822. The number of rotatable bonds is 6. The number of halogens is 3. The van der Waals surface area contributed by atoms with Gasteiger partial charge >= 0.3 is 6.18 Å². The van der Waals surface area contributed by atoms with Crippen LogP contribution in [0.5, 0.6) is 0 Å². The second-order valence-corrected chi connectivity index (χ2v) is 9.36. The Kier molecular flexibility index (Phi) is 5.46. The minimum atomic E-state index is -4.43. The second-order valence-electron chi connectivity index (χ2n) is 6.77. The lowest BCUT2D eigenvalue weighted by Crippen LogP contribution is -2.39. The molecule has 1 aliphatic carbocycles. The maximum atomic E-state index is 12.6. The molecule has 0 radical (unpaired) electrons. The van der Waals surface area contributed by atoms with Crippen molar-refractivity contribution < 1.29 is 21.6 Å². The van der Waals surface area contributed by atoms with E-state index in [2.05, 4.69) is 10.1 Å². The zero-order chi connectivity index (χ0) is 18.8. The van der Waals surface area contributed by atoms with E-state index in [4.69, 9.17) is 0 Å². The van der Waals surface area contributed by atoms with Crippen molar-refractivity contribution in [1.82, 2.24) is 4.72 Å². The van der Waals surface area contributed by atoms with Crippen LogP contribution < -0.4 is 4.72 Å². The largest absolute Gasteiger partial charge is 0.416 e. The molecule has 0 aliphatic heterocycles. The van der Waals surface area contributed by atoms with E-state index < -0.39 is 21.8 Å². The Morgan fingerprint density at radius 2 is 1.73 bits per heavy atom. The van der Waals surface area contributed by atoms with Gasteiger partial charge in [0, 0.05) is 12.0 Å². The fourth-order valence-corrected chi connectivity index (χ4v) is 5.50. The van der Waals surface area contributed by atoms with Crippen molar-refractivity contribution in [3.8, 4) is 0 Å². The first-order valence-electron chi connectivity index (χ1n) is 8.36. The van der Waals surface area contributed by atoms with Gasteiger partial charge < -0.3 is 0 Å². The lowest BCUT2D eigenvalue weighted by molar-refractivity contribution is -0.137. The predicted octanol–water partition coefficient (Wildman–Crippen LogP) is 4.70. The normalized spacial score (nSPS) is 17.5. The summed E-state index contributed by atoms with van der Waals surface area (Å²) in [6, 6.07) is 6.29. The van der Waals surface area contributed by atoms with Gasteiger partial charge in [0.25, 0.3) is 0 Å². The average Bonchev–Trinajstić information content (AvgIpc) is 3.25. The molecule has 0 atom stereocenters. The molecule has 142 valence electrons. The molecule has 1 aromatic heterocycles. The highest BCUT2D eigenvalue weighted by Crippen LogP contribution is 2.41. The predicted molar refractivity (Wildman–Crippen MR) is 96.5 cm³/mol. The smallest absolute Gasteiger partial charge is 0.214 e. The van der Waals surface area contributed by atoms with Gasteiger partial charge in [-0.15, -0.1) is 0 Å². The van der Waals surface area contributed by atoms with Gasteiger partial charge in [-0.05, 0) is 52.9 Å². The third kappa shape index (κ3) is 4.47.